The molecule has 8 heteroatoms. The van der Waals surface area contributed by atoms with Gasteiger partial charge in [0.25, 0.3) is 0 Å². The first-order valence-electron chi connectivity index (χ1n) is 10.3. The number of aliphatic imine (C=N–C) groups is 1. The van der Waals surface area contributed by atoms with Crippen molar-refractivity contribution in [1.82, 2.24) is 15.2 Å². The first-order chi connectivity index (χ1) is 13.2. The summed E-state index contributed by atoms with van der Waals surface area (Å²) in [6.07, 6.45) is 6.36. The molecule has 2 fully saturated rings. The van der Waals surface area contributed by atoms with E-state index in [-0.39, 0.29) is 24.0 Å². The van der Waals surface area contributed by atoms with Crippen LogP contribution in [-0.4, -0.2) is 60.9 Å². The van der Waals surface area contributed by atoms with Crippen molar-refractivity contribution in [3.05, 3.63) is 15.6 Å². The third-order valence-electron chi connectivity index (χ3n) is 5.31. The van der Waals surface area contributed by atoms with Crippen LogP contribution in [-0.2, 0) is 16.0 Å². The molecule has 0 aliphatic carbocycles. The van der Waals surface area contributed by atoms with E-state index in [1.165, 1.54) is 17.7 Å². The smallest absolute Gasteiger partial charge is 0.194 e. The average molecular weight is 522 g/mol. The zero-order valence-corrected chi connectivity index (χ0v) is 20.6. The molecule has 2 aliphatic heterocycles. The second-order valence-corrected chi connectivity index (χ2v) is 8.72. The number of hydrogen-bond acceptors (Lipinski definition) is 5. The summed E-state index contributed by atoms with van der Waals surface area (Å²) >= 11 is 1.75. The number of rotatable bonds is 6. The topological polar surface area (TPSA) is 59.0 Å². The number of hydrogen-bond donors (Lipinski definition) is 1. The molecule has 3 heterocycles. The van der Waals surface area contributed by atoms with Gasteiger partial charge in [0.05, 0.1) is 31.1 Å². The van der Waals surface area contributed by atoms with Crippen molar-refractivity contribution in [3.63, 3.8) is 0 Å². The third kappa shape index (κ3) is 7.11. The Balaban J connectivity index is 0.00000280. The summed E-state index contributed by atoms with van der Waals surface area (Å²) < 4.78 is 11.9. The number of piperidine rings is 1. The highest BCUT2D eigenvalue weighted by Gasteiger charge is 2.23. The number of aromatic nitrogens is 1. The van der Waals surface area contributed by atoms with Crippen molar-refractivity contribution in [3.8, 4) is 0 Å². The number of nitrogens with one attached hydrogen (secondary N) is 1. The van der Waals surface area contributed by atoms with E-state index >= 15 is 0 Å². The van der Waals surface area contributed by atoms with E-state index in [4.69, 9.17) is 14.5 Å². The van der Waals surface area contributed by atoms with E-state index in [0.717, 1.165) is 68.8 Å². The van der Waals surface area contributed by atoms with Gasteiger partial charge < -0.3 is 19.7 Å². The van der Waals surface area contributed by atoms with Crippen molar-refractivity contribution in [2.24, 2.45) is 4.99 Å². The first kappa shape index (κ1) is 23.8. The van der Waals surface area contributed by atoms with Crippen molar-refractivity contribution < 1.29 is 9.47 Å². The van der Waals surface area contributed by atoms with Crippen molar-refractivity contribution >= 4 is 41.3 Å². The van der Waals surface area contributed by atoms with Gasteiger partial charge in [-0.15, -0.1) is 35.3 Å². The van der Waals surface area contributed by atoms with Crippen LogP contribution in [0.2, 0.25) is 0 Å². The maximum Gasteiger partial charge on any atom is 0.194 e. The number of halogens is 1. The average Bonchev–Trinajstić information content (AvgIpc) is 3.02. The second-order valence-electron chi connectivity index (χ2n) is 7.43. The number of thiazole rings is 1. The molecule has 0 spiro atoms. The van der Waals surface area contributed by atoms with Gasteiger partial charge in [0, 0.05) is 31.1 Å². The molecule has 1 atom stereocenters. The normalized spacial score (nSPS) is 21.5. The molecular weight excluding hydrogens is 487 g/mol. The zero-order chi connectivity index (χ0) is 19.1. The van der Waals surface area contributed by atoms with E-state index in [1.807, 2.05) is 0 Å². The Morgan fingerprint density at radius 1 is 1.29 bits per heavy atom. The predicted molar refractivity (Wildman–Crippen MR) is 126 cm³/mol. The standard InChI is InChI=1S/C20H34N4O2S.HI/c1-4-21-20(22-13-19-23-15(2)16(3)27-19)24-10-8-17(9-11-24)26-14-18-7-5-6-12-25-18;/h17-18H,4-14H2,1-3H3,(H,21,22);1H. The van der Waals surface area contributed by atoms with Crippen molar-refractivity contribution in [1.29, 1.82) is 0 Å². The van der Waals surface area contributed by atoms with Gasteiger partial charge in [0.15, 0.2) is 5.96 Å². The minimum Gasteiger partial charge on any atom is -0.376 e. The Morgan fingerprint density at radius 3 is 2.68 bits per heavy atom. The van der Waals surface area contributed by atoms with Gasteiger partial charge in [-0.05, 0) is 52.9 Å². The van der Waals surface area contributed by atoms with Gasteiger partial charge >= 0.3 is 0 Å². The van der Waals surface area contributed by atoms with Gasteiger partial charge in [-0.1, -0.05) is 0 Å². The maximum absolute atomic E-state index is 6.14. The largest absolute Gasteiger partial charge is 0.376 e. The predicted octanol–water partition coefficient (Wildman–Crippen LogP) is 3.89. The molecule has 1 N–H and O–H groups in total. The lowest BCUT2D eigenvalue weighted by atomic mass is 10.1. The van der Waals surface area contributed by atoms with Gasteiger partial charge in [-0.3, -0.25) is 0 Å². The number of nitrogens with zero attached hydrogens (tertiary/aromatic N) is 3. The molecule has 2 aliphatic rings. The highest BCUT2D eigenvalue weighted by atomic mass is 127. The van der Waals surface area contributed by atoms with Crippen molar-refractivity contribution in [2.45, 2.75) is 71.6 Å². The lowest BCUT2D eigenvalue weighted by Gasteiger charge is -2.35. The molecule has 28 heavy (non-hydrogen) atoms. The molecular formula is C20H35IN4O2S. The van der Waals surface area contributed by atoms with E-state index in [1.54, 1.807) is 11.3 Å². The molecule has 3 rings (SSSR count). The van der Waals surface area contributed by atoms with E-state index in [9.17, 15) is 0 Å². The zero-order valence-electron chi connectivity index (χ0n) is 17.4. The summed E-state index contributed by atoms with van der Waals surface area (Å²) in [4.78, 5) is 13.1. The van der Waals surface area contributed by atoms with Crippen LogP contribution in [0.5, 0.6) is 0 Å². The number of ether oxygens (including phenoxy) is 2. The highest BCUT2D eigenvalue weighted by Crippen LogP contribution is 2.19. The molecule has 0 radical (unpaired) electrons. The van der Waals surface area contributed by atoms with Gasteiger partial charge in [0.2, 0.25) is 0 Å². The summed E-state index contributed by atoms with van der Waals surface area (Å²) in [5.74, 6) is 0.997. The quantitative estimate of drug-likeness (QED) is 0.349. The Morgan fingerprint density at radius 2 is 2.07 bits per heavy atom. The van der Waals surface area contributed by atoms with Gasteiger partial charge in [-0.25, -0.2) is 9.98 Å². The first-order valence-corrected chi connectivity index (χ1v) is 11.2. The van der Waals surface area contributed by atoms with E-state index in [0.29, 0.717) is 18.8 Å². The van der Waals surface area contributed by atoms with Crippen molar-refractivity contribution in [2.75, 3.05) is 32.8 Å². The third-order valence-corrected chi connectivity index (χ3v) is 6.36. The Kier molecular flexibility index (Phi) is 10.5. The SMILES string of the molecule is CCNC(=NCc1nc(C)c(C)s1)N1CCC(OCC2CCCCO2)CC1.I. The van der Waals surface area contributed by atoms with Crippen LogP contribution in [0.4, 0.5) is 0 Å². The monoisotopic (exact) mass is 522 g/mol. The molecule has 0 bridgehead atoms. The number of aryl methyl sites for hydroxylation is 2. The van der Waals surface area contributed by atoms with Crippen LogP contribution < -0.4 is 5.32 Å². The molecule has 1 aromatic rings. The Labute approximate surface area is 190 Å². The lowest BCUT2D eigenvalue weighted by Crippen LogP contribution is -2.47. The summed E-state index contributed by atoms with van der Waals surface area (Å²) in [7, 11) is 0. The molecule has 0 amide bonds. The molecule has 0 aromatic carbocycles. The van der Waals surface area contributed by atoms with Crippen LogP contribution in [0.25, 0.3) is 0 Å². The van der Waals surface area contributed by atoms with Crippen LogP contribution in [0, 0.1) is 13.8 Å². The fraction of sp³-hybridized carbons (Fsp3) is 0.800. The van der Waals surface area contributed by atoms with Crippen LogP contribution in [0.3, 0.4) is 0 Å². The molecule has 160 valence electrons. The Bertz CT molecular complexity index is 592. The maximum atomic E-state index is 6.14. The summed E-state index contributed by atoms with van der Waals surface area (Å²) in [5, 5.41) is 4.52. The molecule has 1 unspecified atom stereocenters. The minimum absolute atomic E-state index is 0. The number of guanidine groups is 1. The van der Waals surface area contributed by atoms with Gasteiger partial charge in [0.1, 0.15) is 5.01 Å². The van der Waals surface area contributed by atoms with Crippen LogP contribution in [0.1, 0.15) is 54.6 Å². The molecule has 1 aromatic heterocycles. The van der Waals surface area contributed by atoms with E-state index in [2.05, 4.69) is 36.0 Å². The molecule has 2 saturated heterocycles. The summed E-state index contributed by atoms with van der Waals surface area (Å²) in [5.41, 5.74) is 1.12. The Hall–Kier alpha value is -0.450. The fourth-order valence-corrected chi connectivity index (χ4v) is 4.45. The van der Waals surface area contributed by atoms with E-state index < -0.39 is 0 Å². The molecule has 0 saturated carbocycles. The van der Waals surface area contributed by atoms with Crippen LogP contribution >= 0.6 is 35.3 Å². The fourth-order valence-electron chi connectivity index (χ4n) is 3.59. The molecule has 6 nitrogen and oxygen atoms in total. The number of likely N-dealkylation sites (tertiary alicyclic amines) is 1. The highest BCUT2D eigenvalue weighted by molar-refractivity contribution is 14.0. The van der Waals surface area contributed by atoms with Crippen LogP contribution in [0.15, 0.2) is 4.99 Å². The second kappa shape index (κ2) is 12.3. The summed E-state index contributed by atoms with van der Waals surface area (Å²) in [6.45, 7) is 11.4. The lowest BCUT2D eigenvalue weighted by molar-refractivity contribution is -0.0721. The minimum atomic E-state index is 0. The van der Waals surface area contributed by atoms with Gasteiger partial charge in [-0.2, -0.15) is 0 Å². The summed E-state index contributed by atoms with van der Waals surface area (Å²) in [6, 6.07) is 0.